The quantitative estimate of drug-likeness (QED) is 0.807. The lowest BCUT2D eigenvalue weighted by molar-refractivity contribution is 0.566. The number of sulfonamides is 1. The summed E-state index contributed by atoms with van der Waals surface area (Å²) in [6.45, 7) is 1.90. The smallest absolute Gasteiger partial charge is 0.207 e. The highest BCUT2D eigenvalue weighted by Crippen LogP contribution is 2.26. The molecule has 0 spiro atoms. The third kappa shape index (κ3) is 3.85. The first kappa shape index (κ1) is 17.5. The highest BCUT2D eigenvalue weighted by molar-refractivity contribution is 7.98. The van der Waals surface area contributed by atoms with Crippen molar-refractivity contribution in [2.75, 3.05) is 6.26 Å². The molecule has 1 aliphatic rings. The van der Waals surface area contributed by atoms with Crippen LogP contribution in [-0.2, 0) is 22.9 Å². The highest BCUT2D eigenvalue weighted by atomic mass is 32.2. The Hall–Kier alpha value is -1.30. The SMILES string of the molecule is CSc1ccc(S(=O)(=O)N[C@H](C)c2ccc3c(c2)CCCC3)cc1. The van der Waals surface area contributed by atoms with E-state index in [0.29, 0.717) is 4.90 Å². The van der Waals surface area contributed by atoms with Crippen molar-refractivity contribution in [1.82, 2.24) is 4.72 Å². The predicted molar refractivity (Wildman–Crippen MR) is 100 cm³/mol. The molecule has 0 unspecified atom stereocenters. The van der Waals surface area contributed by atoms with Crippen LogP contribution in [0.5, 0.6) is 0 Å². The van der Waals surface area contributed by atoms with Crippen molar-refractivity contribution in [2.24, 2.45) is 0 Å². The maximum atomic E-state index is 12.6. The first-order valence-corrected chi connectivity index (χ1v) is 11.0. The zero-order valence-electron chi connectivity index (χ0n) is 14.1. The fraction of sp³-hybridized carbons (Fsp3) is 0.368. The molecule has 0 aliphatic heterocycles. The summed E-state index contributed by atoms with van der Waals surface area (Å²) < 4.78 is 28.0. The molecule has 5 heteroatoms. The first-order chi connectivity index (χ1) is 11.5. The molecule has 3 rings (SSSR count). The van der Waals surface area contributed by atoms with Gasteiger partial charge in [0.2, 0.25) is 10.0 Å². The number of thioether (sulfide) groups is 1. The van der Waals surface area contributed by atoms with Gasteiger partial charge < -0.3 is 0 Å². The van der Waals surface area contributed by atoms with Crippen LogP contribution >= 0.6 is 11.8 Å². The van der Waals surface area contributed by atoms with E-state index in [4.69, 9.17) is 0 Å². The lowest BCUT2D eigenvalue weighted by Crippen LogP contribution is -2.27. The molecule has 2 aromatic rings. The maximum absolute atomic E-state index is 12.6. The van der Waals surface area contributed by atoms with Crippen molar-refractivity contribution in [1.29, 1.82) is 0 Å². The molecule has 1 aliphatic carbocycles. The molecular formula is C19H23NO2S2. The lowest BCUT2D eigenvalue weighted by Gasteiger charge is -2.20. The predicted octanol–water partition coefficient (Wildman–Crippen LogP) is 4.33. The Morgan fingerprint density at radius 1 is 1.00 bits per heavy atom. The second kappa shape index (κ2) is 7.30. The molecule has 128 valence electrons. The largest absolute Gasteiger partial charge is 0.241 e. The monoisotopic (exact) mass is 361 g/mol. The van der Waals surface area contributed by atoms with E-state index in [1.165, 1.54) is 24.0 Å². The van der Waals surface area contributed by atoms with E-state index in [1.54, 1.807) is 23.9 Å². The van der Waals surface area contributed by atoms with E-state index >= 15 is 0 Å². The molecule has 24 heavy (non-hydrogen) atoms. The number of fused-ring (bicyclic) bond motifs is 1. The Labute approximate surface area is 148 Å². The molecule has 2 aromatic carbocycles. The summed E-state index contributed by atoms with van der Waals surface area (Å²) in [7, 11) is -3.51. The summed E-state index contributed by atoms with van der Waals surface area (Å²) in [5.74, 6) is 0. The van der Waals surface area contributed by atoms with Gasteiger partial charge in [0, 0.05) is 10.9 Å². The van der Waals surface area contributed by atoms with Gasteiger partial charge in [0.05, 0.1) is 4.90 Å². The second-order valence-corrected chi connectivity index (χ2v) is 8.85. The molecule has 0 radical (unpaired) electrons. The van der Waals surface area contributed by atoms with E-state index < -0.39 is 10.0 Å². The molecule has 1 atom stereocenters. The number of benzene rings is 2. The molecular weight excluding hydrogens is 338 g/mol. The number of hydrogen-bond acceptors (Lipinski definition) is 3. The summed E-state index contributed by atoms with van der Waals surface area (Å²) in [6.07, 6.45) is 6.68. The van der Waals surface area contributed by atoms with Gasteiger partial charge in [-0.15, -0.1) is 11.8 Å². The molecule has 3 nitrogen and oxygen atoms in total. The Kier molecular flexibility index (Phi) is 5.33. The van der Waals surface area contributed by atoms with Gasteiger partial charge >= 0.3 is 0 Å². The third-order valence-electron chi connectivity index (χ3n) is 4.57. The van der Waals surface area contributed by atoms with Crippen LogP contribution in [0.25, 0.3) is 0 Å². The average Bonchev–Trinajstić information content (AvgIpc) is 2.61. The molecule has 0 fully saturated rings. The zero-order valence-corrected chi connectivity index (χ0v) is 15.7. The first-order valence-electron chi connectivity index (χ1n) is 8.28. The molecule has 0 amide bonds. The van der Waals surface area contributed by atoms with Crippen LogP contribution in [0.1, 0.15) is 42.5 Å². The summed E-state index contributed by atoms with van der Waals surface area (Å²) in [5.41, 5.74) is 3.81. The standard InChI is InChI=1S/C19H23NO2S2/c1-14(16-8-7-15-5-3-4-6-17(15)13-16)20-24(21,22)19-11-9-18(23-2)10-12-19/h7-14,20H,3-6H2,1-2H3/t14-/m1/s1. The Morgan fingerprint density at radius 3 is 2.33 bits per heavy atom. The number of nitrogens with one attached hydrogen (secondary N) is 1. The Bertz CT molecular complexity index is 814. The minimum atomic E-state index is -3.51. The van der Waals surface area contributed by atoms with Crippen LogP contribution < -0.4 is 4.72 Å². The molecule has 0 aromatic heterocycles. The van der Waals surface area contributed by atoms with Crippen molar-refractivity contribution < 1.29 is 8.42 Å². The van der Waals surface area contributed by atoms with Crippen LogP contribution in [0, 0.1) is 0 Å². The van der Waals surface area contributed by atoms with Crippen molar-refractivity contribution in [3.8, 4) is 0 Å². The fourth-order valence-electron chi connectivity index (χ4n) is 3.15. The Morgan fingerprint density at radius 2 is 1.67 bits per heavy atom. The number of aryl methyl sites for hydroxylation is 2. The highest BCUT2D eigenvalue weighted by Gasteiger charge is 2.19. The van der Waals surface area contributed by atoms with Crippen molar-refractivity contribution >= 4 is 21.8 Å². The zero-order chi connectivity index (χ0) is 17.2. The van der Waals surface area contributed by atoms with Crippen LogP contribution in [0.3, 0.4) is 0 Å². The van der Waals surface area contributed by atoms with Gasteiger partial charge in [-0.2, -0.15) is 0 Å². The number of hydrogen-bond donors (Lipinski definition) is 1. The van der Waals surface area contributed by atoms with Crippen molar-refractivity contribution in [2.45, 2.75) is 48.4 Å². The molecule has 1 N–H and O–H groups in total. The van der Waals surface area contributed by atoms with Gasteiger partial charge in [0.1, 0.15) is 0 Å². The van der Waals surface area contributed by atoms with Gasteiger partial charge in [-0.25, -0.2) is 13.1 Å². The summed E-state index contributed by atoms with van der Waals surface area (Å²) >= 11 is 1.60. The van der Waals surface area contributed by atoms with Crippen LogP contribution in [0.4, 0.5) is 0 Å². The van der Waals surface area contributed by atoms with Crippen molar-refractivity contribution in [3.63, 3.8) is 0 Å². The van der Waals surface area contributed by atoms with Crippen LogP contribution in [0.2, 0.25) is 0 Å². The topological polar surface area (TPSA) is 46.2 Å². The van der Waals surface area contributed by atoms with E-state index in [9.17, 15) is 8.42 Å². The van der Waals surface area contributed by atoms with E-state index in [-0.39, 0.29) is 6.04 Å². The minimum Gasteiger partial charge on any atom is -0.207 e. The maximum Gasteiger partial charge on any atom is 0.241 e. The summed E-state index contributed by atoms with van der Waals surface area (Å²) in [4.78, 5) is 1.36. The minimum absolute atomic E-state index is 0.248. The molecule has 0 bridgehead atoms. The van der Waals surface area contributed by atoms with Gasteiger partial charge in [0.15, 0.2) is 0 Å². The van der Waals surface area contributed by atoms with Crippen molar-refractivity contribution in [3.05, 3.63) is 59.2 Å². The summed E-state index contributed by atoms with van der Waals surface area (Å²) in [6, 6.07) is 13.1. The van der Waals surface area contributed by atoms with Gasteiger partial charge in [0.25, 0.3) is 0 Å². The van der Waals surface area contributed by atoms with Crippen LogP contribution in [-0.4, -0.2) is 14.7 Å². The van der Waals surface area contributed by atoms with E-state index in [0.717, 1.165) is 23.3 Å². The normalized spacial score (nSPS) is 15.8. The molecule has 0 saturated heterocycles. The lowest BCUT2D eigenvalue weighted by atomic mass is 9.89. The number of rotatable bonds is 5. The summed E-state index contributed by atoms with van der Waals surface area (Å²) in [5, 5.41) is 0. The van der Waals surface area contributed by atoms with Crippen LogP contribution in [0.15, 0.2) is 52.3 Å². The fourth-order valence-corrected chi connectivity index (χ4v) is 4.79. The van der Waals surface area contributed by atoms with Gasteiger partial charge in [-0.05, 0) is 79.8 Å². The van der Waals surface area contributed by atoms with E-state index in [1.807, 2.05) is 31.4 Å². The Balaban J connectivity index is 1.78. The van der Waals surface area contributed by atoms with Gasteiger partial charge in [-0.3, -0.25) is 0 Å². The van der Waals surface area contributed by atoms with E-state index in [2.05, 4.69) is 16.9 Å². The molecule has 0 heterocycles. The third-order valence-corrected chi connectivity index (χ3v) is 6.87. The van der Waals surface area contributed by atoms with Gasteiger partial charge in [-0.1, -0.05) is 18.2 Å². The average molecular weight is 362 g/mol. The molecule has 0 saturated carbocycles. The second-order valence-electron chi connectivity index (χ2n) is 6.25.